The van der Waals surface area contributed by atoms with Crippen molar-refractivity contribution in [2.45, 2.75) is 64.1 Å². The molecule has 10 nitrogen and oxygen atoms in total. The number of hydrazine groups is 1. The van der Waals surface area contributed by atoms with E-state index in [1.54, 1.807) is 19.3 Å². The van der Waals surface area contributed by atoms with Crippen LogP contribution in [0.2, 0.25) is 0 Å². The molecule has 2 aliphatic rings. The highest BCUT2D eigenvalue weighted by Gasteiger charge is 2.34. The SMILES string of the molecule is Cc1c(NC(=O)c2ccc(C(C)(C)C)cc2)cccc1C1CC(Nc2ccnc(N3CCC(O)C3)n2)C(=O)N(C)N1. The molecule has 0 radical (unpaired) electrons. The van der Waals surface area contributed by atoms with Crippen LogP contribution in [-0.4, -0.2) is 64.2 Å². The first-order valence-electron chi connectivity index (χ1n) is 14.1. The average molecular weight is 558 g/mol. The van der Waals surface area contributed by atoms with Crippen LogP contribution in [0.25, 0.3) is 0 Å². The van der Waals surface area contributed by atoms with Gasteiger partial charge in [-0.15, -0.1) is 0 Å². The predicted octanol–water partition coefficient (Wildman–Crippen LogP) is 3.79. The Morgan fingerprint density at radius 1 is 1.12 bits per heavy atom. The van der Waals surface area contributed by atoms with Crippen LogP contribution in [0.4, 0.5) is 17.5 Å². The minimum atomic E-state index is -0.517. The number of nitrogens with one attached hydrogen (secondary N) is 3. The van der Waals surface area contributed by atoms with Crippen LogP contribution in [0.15, 0.2) is 54.7 Å². The number of amides is 2. The fourth-order valence-electron chi connectivity index (χ4n) is 5.40. The summed E-state index contributed by atoms with van der Waals surface area (Å²) in [6.07, 6.45) is 2.45. The maximum Gasteiger partial charge on any atom is 0.259 e. The molecule has 3 unspecified atom stereocenters. The normalized spacial score (nSPS) is 21.2. The van der Waals surface area contributed by atoms with Crippen LogP contribution in [0.1, 0.15) is 66.7 Å². The third-order valence-electron chi connectivity index (χ3n) is 7.87. The lowest BCUT2D eigenvalue weighted by molar-refractivity contribution is -0.137. The number of aliphatic hydroxyl groups excluding tert-OH is 1. The van der Waals surface area contributed by atoms with Gasteiger partial charge >= 0.3 is 0 Å². The van der Waals surface area contributed by atoms with Crippen molar-refractivity contribution in [3.63, 3.8) is 0 Å². The lowest BCUT2D eigenvalue weighted by Crippen LogP contribution is -2.55. The van der Waals surface area contributed by atoms with Gasteiger partial charge in [0.25, 0.3) is 11.8 Å². The Morgan fingerprint density at radius 3 is 2.56 bits per heavy atom. The number of anilines is 3. The van der Waals surface area contributed by atoms with Gasteiger partial charge in [-0.2, -0.15) is 4.98 Å². The average Bonchev–Trinajstić information content (AvgIpc) is 3.38. The van der Waals surface area contributed by atoms with Gasteiger partial charge in [0.1, 0.15) is 11.9 Å². The monoisotopic (exact) mass is 557 g/mol. The van der Waals surface area contributed by atoms with Gasteiger partial charge in [-0.05, 0) is 66.1 Å². The Labute approximate surface area is 241 Å². The zero-order valence-corrected chi connectivity index (χ0v) is 24.3. The number of rotatable bonds is 6. The zero-order chi connectivity index (χ0) is 29.3. The molecule has 10 heteroatoms. The molecule has 3 atom stereocenters. The fourth-order valence-corrected chi connectivity index (χ4v) is 5.40. The highest BCUT2D eigenvalue weighted by Crippen LogP contribution is 2.31. The number of carbonyl (C=O) groups is 2. The fraction of sp³-hybridized carbons (Fsp3) is 0.419. The summed E-state index contributed by atoms with van der Waals surface area (Å²) in [4.78, 5) is 37.1. The second kappa shape index (κ2) is 11.5. The molecule has 4 N–H and O–H groups in total. The first-order valence-corrected chi connectivity index (χ1v) is 14.1. The number of likely N-dealkylation sites (N-methyl/N-ethyl adjacent to an activating group) is 1. The van der Waals surface area contributed by atoms with Crippen LogP contribution in [0.3, 0.4) is 0 Å². The maximum absolute atomic E-state index is 13.1. The van der Waals surface area contributed by atoms with E-state index < -0.39 is 6.04 Å². The third kappa shape index (κ3) is 6.34. The van der Waals surface area contributed by atoms with E-state index in [0.717, 1.165) is 16.8 Å². The molecule has 2 aromatic carbocycles. The second-order valence-corrected chi connectivity index (χ2v) is 11.9. The van der Waals surface area contributed by atoms with Crippen LogP contribution in [0, 0.1) is 6.92 Å². The number of hydrogen-bond donors (Lipinski definition) is 4. The molecule has 41 heavy (non-hydrogen) atoms. The minimum absolute atomic E-state index is 0.0153. The molecule has 0 saturated carbocycles. The van der Waals surface area contributed by atoms with Gasteiger partial charge in [0.15, 0.2) is 0 Å². The number of β-amino-alcohol motifs (C(OH)–C–C–N with tert-alkyl or cyclic N) is 1. The van der Waals surface area contributed by atoms with Crippen molar-refractivity contribution in [1.82, 2.24) is 20.4 Å². The largest absolute Gasteiger partial charge is 0.391 e. The highest BCUT2D eigenvalue weighted by molar-refractivity contribution is 6.04. The van der Waals surface area contributed by atoms with Crippen molar-refractivity contribution >= 4 is 29.3 Å². The highest BCUT2D eigenvalue weighted by atomic mass is 16.3. The Kier molecular flexibility index (Phi) is 7.97. The van der Waals surface area contributed by atoms with Gasteiger partial charge in [-0.25, -0.2) is 10.4 Å². The molecular formula is C31H39N7O3. The quantitative estimate of drug-likeness (QED) is 0.361. The second-order valence-electron chi connectivity index (χ2n) is 11.9. The van der Waals surface area contributed by atoms with E-state index in [-0.39, 0.29) is 29.4 Å². The van der Waals surface area contributed by atoms with E-state index in [1.165, 1.54) is 10.6 Å². The molecule has 3 heterocycles. The number of carbonyl (C=O) groups excluding carboxylic acids is 2. The van der Waals surface area contributed by atoms with Gasteiger partial charge in [0, 0.05) is 37.6 Å². The molecule has 3 aromatic rings. The van der Waals surface area contributed by atoms with E-state index >= 15 is 0 Å². The summed E-state index contributed by atoms with van der Waals surface area (Å²) in [6.45, 7) is 9.60. The molecule has 1 aromatic heterocycles. The number of aromatic nitrogens is 2. The van der Waals surface area contributed by atoms with Crippen molar-refractivity contribution in [3.05, 3.63) is 77.0 Å². The standard InChI is InChI=1S/C31H39N7O3/c1-19-23(7-6-8-24(19)34-28(40)20-9-11-21(12-10-20)31(2,3)4)25-17-26(29(41)37(5)36-25)33-27-13-15-32-30(35-27)38-16-14-22(39)18-38/h6-13,15,22,25-26,36,39H,14,16-18H2,1-5H3,(H,34,40)(H,32,33,35). The van der Waals surface area contributed by atoms with E-state index in [0.29, 0.717) is 43.3 Å². The molecule has 0 spiro atoms. The Morgan fingerprint density at radius 2 is 1.88 bits per heavy atom. The Balaban J connectivity index is 1.31. The molecule has 2 fully saturated rings. The van der Waals surface area contributed by atoms with Gasteiger partial charge in [0.2, 0.25) is 5.95 Å². The summed E-state index contributed by atoms with van der Waals surface area (Å²) < 4.78 is 0. The number of nitrogens with zero attached hydrogens (tertiary/aromatic N) is 4. The smallest absolute Gasteiger partial charge is 0.259 e. The van der Waals surface area contributed by atoms with Crippen LogP contribution in [0.5, 0.6) is 0 Å². The van der Waals surface area contributed by atoms with E-state index in [9.17, 15) is 14.7 Å². The van der Waals surface area contributed by atoms with Gasteiger partial charge in [-0.3, -0.25) is 14.6 Å². The zero-order valence-electron chi connectivity index (χ0n) is 24.3. The van der Waals surface area contributed by atoms with Crippen LogP contribution in [-0.2, 0) is 10.2 Å². The van der Waals surface area contributed by atoms with Crippen molar-refractivity contribution in [2.24, 2.45) is 0 Å². The summed E-state index contributed by atoms with van der Waals surface area (Å²) in [5.74, 6) is 0.822. The third-order valence-corrected chi connectivity index (χ3v) is 7.87. The summed E-state index contributed by atoms with van der Waals surface area (Å²) in [7, 11) is 1.71. The van der Waals surface area contributed by atoms with E-state index in [4.69, 9.17) is 0 Å². The van der Waals surface area contributed by atoms with Crippen LogP contribution >= 0.6 is 0 Å². The molecule has 5 rings (SSSR count). The molecule has 216 valence electrons. The molecule has 2 saturated heterocycles. The number of aliphatic hydroxyl groups is 1. The van der Waals surface area contributed by atoms with Gasteiger partial charge in [0.05, 0.1) is 12.1 Å². The van der Waals surface area contributed by atoms with E-state index in [1.807, 2.05) is 54.3 Å². The van der Waals surface area contributed by atoms with Crippen LogP contribution < -0.4 is 21.0 Å². The molecule has 0 aliphatic carbocycles. The summed E-state index contributed by atoms with van der Waals surface area (Å²) in [5, 5.41) is 17.8. The van der Waals surface area contributed by atoms with Crippen molar-refractivity contribution in [2.75, 3.05) is 35.7 Å². The predicted molar refractivity (Wildman–Crippen MR) is 160 cm³/mol. The van der Waals surface area contributed by atoms with Crippen molar-refractivity contribution in [3.8, 4) is 0 Å². The Hall–Kier alpha value is -4.02. The van der Waals surface area contributed by atoms with Gasteiger partial charge < -0.3 is 20.6 Å². The summed E-state index contributed by atoms with van der Waals surface area (Å²) in [5.41, 5.74) is 7.73. The molecule has 0 bridgehead atoms. The number of hydrogen-bond acceptors (Lipinski definition) is 8. The maximum atomic E-state index is 13.1. The molecule has 2 amide bonds. The number of benzene rings is 2. The Bertz CT molecular complexity index is 1420. The van der Waals surface area contributed by atoms with E-state index in [2.05, 4.69) is 46.8 Å². The molecule has 2 aliphatic heterocycles. The topological polar surface area (TPSA) is 123 Å². The lowest BCUT2D eigenvalue weighted by atomic mass is 9.86. The molecular weight excluding hydrogens is 518 g/mol. The summed E-state index contributed by atoms with van der Waals surface area (Å²) in [6, 6.07) is 14.6. The minimum Gasteiger partial charge on any atom is -0.391 e. The van der Waals surface area contributed by atoms with Gasteiger partial charge in [-0.1, -0.05) is 45.0 Å². The first-order chi connectivity index (χ1) is 19.5. The first kappa shape index (κ1) is 28.5. The van der Waals surface area contributed by atoms with Crippen molar-refractivity contribution in [1.29, 1.82) is 0 Å². The summed E-state index contributed by atoms with van der Waals surface area (Å²) >= 11 is 0. The van der Waals surface area contributed by atoms with Crippen molar-refractivity contribution < 1.29 is 14.7 Å². The lowest BCUT2D eigenvalue weighted by Gasteiger charge is -2.37.